The standard InChI is InChI=1S/C23H24N4O/c24-21-10-9-19(27-11-5-2-6-12-27)14-20(21)22(28)13-17-15-25-23(26-16-17)18-7-3-1-4-8-18/h1,3-4,7-10,14-16H,2,5-6,11-13,24H2. The number of carbonyl (C=O) groups excluding carboxylic acids is 1. The second-order valence-corrected chi connectivity index (χ2v) is 7.20. The first kappa shape index (κ1) is 18.2. The molecule has 0 amide bonds. The molecule has 0 atom stereocenters. The minimum Gasteiger partial charge on any atom is -0.398 e. The molecule has 1 aromatic heterocycles. The Bertz CT molecular complexity index is 948. The van der Waals surface area contributed by atoms with Crippen molar-refractivity contribution < 1.29 is 4.79 Å². The Morgan fingerprint density at radius 1 is 0.964 bits per heavy atom. The SMILES string of the molecule is Nc1ccc(N2CCCCC2)cc1C(=O)Cc1cnc(-c2ccccc2)nc1. The van der Waals surface area contributed by atoms with Gasteiger partial charge in [-0.25, -0.2) is 9.97 Å². The van der Waals surface area contributed by atoms with Gasteiger partial charge < -0.3 is 10.6 Å². The molecule has 0 saturated carbocycles. The average molecular weight is 372 g/mol. The molecule has 2 N–H and O–H groups in total. The molecule has 5 heteroatoms. The first-order valence-corrected chi connectivity index (χ1v) is 9.75. The first-order valence-electron chi connectivity index (χ1n) is 9.75. The number of piperidine rings is 1. The van der Waals surface area contributed by atoms with E-state index in [0.29, 0.717) is 17.1 Å². The third-order valence-electron chi connectivity index (χ3n) is 5.16. The molecule has 1 aliphatic rings. The van der Waals surface area contributed by atoms with Crippen molar-refractivity contribution in [3.63, 3.8) is 0 Å². The molecule has 142 valence electrons. The zero-order valence-electron chi connectivity index (χ0n) is 15.8. The number of nitrogen functional groups attached to an aromatic ring is 1. The van der Waals surface area contributed by atoms with Crippen LogP contribution in [0.3, 0.4) is 0 Å². The second kappa shape index (κ2) is 8.21. The van der Waals surface area contributed by atoms with Crippen LogP contribution in [0.25, 0.3) is 11.4 Å². The topological polar surface area (TPSA) is 72.1 Å². The quantitative estimate of drug-likeness (QED) is 0.538. The van der Waals surface area contributed by atoms with Gasteiger partial charge in [0, 0.05) is 54.4 Å². The Balaban J connectivity index is 1.50. The Labute approximate surface area is 165 Å². The van der Waals surface area contributed by atoms with E-state index in [-0.39, 0.29) is 12.2 Å². The maximum Gasteiger partial charge on any atom is 0.169 e. The number of anilines is 2. The van der Waals surface area contributed by atoms with Crippen LogP contribution in [0.15, 0.2) is 60.9 Å². The van der Waals surface area contributed by atoms with Crippen molar-refractivity contribution >= 4 is 17.2 Å². The molecule has 4 rings (SSSR count). The predicted octanol–water partition coefficient (Wildman–Crippen LogP) is 4.14. The van der Waals surface area contributed by atoms with Crippen LogP contribution in [0.2, 0.25) is 0 Å². The maximum absolute atomic E-state index is 12.9. The molecular formula is C23H24N4O. The summed E-state index contributed by atoms with van der Waals surface area (Å²) in [6.07, 6.45) is 7.34. The van der Waals surface area contributed by atoms with E-state index in [9.17, 15) is 4.79 Å². The molecule has 0 radical (unpaired) electrons. The van der Waals surface area contributed by atoms with Gasteiger partial charge in [-0.1, -0.05) is 30.3 Å². The number of hydrogen-bond acceptors (Lipinski definition) is 5. The number of nitrogens with two attached hydrogens (primary N) is 1. The van der Waals surface area contributed by atoms with Crippen LogP contribution in [0.1, 0.15) is 35.2 Å². The lowest BCUT2D eigenvalue weighted by Gasteiger charge is -2.29. The average Bonchev–Trinajstić information content (AvgIpc) is 2.76. The van der Waals surface area contributed by atoms with E-state index in [0.717, 1.165) is 29.9 Å². The summed E-state index contributed by atoms with van der Waals surface area (Å²) in [6, 6.07) is 15.6. The fraction of sp³-hybridized carbons (Fsp3) is 0.261. The van der Waals surface area contributed by atoms with Gasteiger partial charge in [-0.2, -0.15) is 0 Å². The molecule has 0 aliphatic carbocycles. The van der Waals surface area contributed by atoms with Gasteiger partial charge in [0.25, 0.3) is 0 Å². The molecular weight excluding hydrogens is 348 g/mol. The highest BCUT2D eigenvalue weighted by molar-refractivity contribution is 6.02. The van der Waals surface area contributed by atoms with Crippen molar-refractivity contribution in [2.75, 3.05) is 23.7 Å². The van der Waals surface area contributed by atoms with Crippen molar-refractivity contribution in [2.45, 2.75) is 25.7 Å². The van der Waals surface area contributed by atoms with Crippen molar-refractivity contribution in [2.24, 2.45) is 0 Å². The van der Waals surface area contributed by atoms with Gasteiger partial charge in [-0.15, -0.1) is 0 Å². The third kappa shape index (κ3) is 4.03. The van der Waals surface area contributed by atoms with E-state index in [4.69, 9.17) is 5.73 Å². The number of nitrogens with zero attached hydrogens (tertiary/aromatic N) is 3. The van der Waals surface area contributed by atoms with E-state index in [2.05, 4.69) is 14.9 Å². The molecule has 28 heavy (non-hydrogen) atoms. The Kier molecular flexibility index (Phi) is 5.33. The fourth-order valence-corrected chi connectivity index (χ4v) is 3.60. The zero-order valence-corrected chi connectivity index (χ0v) is 15.8. The maximum atomic E-state index is 12.9. The molecule has 1 aliphatic heterocycles. The molecule has 0 bridgehead atoms. The highest BCUT2D eigenvalue weighted by atomic mass is 16.1. The molecule has 2 aromatic carbocycles. The fourth-order valence-electron chi connectivity index (χ4n) is 3.60. The lowest BCUT2D eigenvalue weighted by Crippen LogP contribution is -2.29. The number of Topliss-reactive ketones (excluding diaryl/α,β-unsaturated/α-hetero) is 1. The summed E-state index contributed by atoms with van der Waals surface area (Å²) in [5.74, 6) is 0.649. The van der Waals surface area contributed by atoms with E-state index < -0.39 is 0 Å². The Hall–Kier alpha value is -3.21. The van der Waals surface area contributed by atoms with Crippen LogP contribution in [0, 0.1) is 0 Å². The minimum absolute atomic E-state index is 0.00702. The largest absolute Gasteiger partial charge is 0.398 e. The molecule has 0 unspecified atom stereocenters. The van der Waals surface area contributed by atoms with E-state index in [1.807, 2.05) is 48.5 Å². The number of ketones is 1. The summed E-state index contributed by atoms with van der Waals surface area (Å²) in [7, 11) is 0. The van der Waals surface area contributed by atoms with Gasteiger partial charge in [0.2, 0.25) is 0 Å². The van der Waals surface area contributed by atoms with E-state index in [1.54, 1.807) is 12.4 Å². The second-order valence-electron chi connectivity index (χ2n) is 7.20. The van der Waals surface area contributed by atoms with Gasteiger partial charge in [0.05, 0.1) is 0 Å². The van der Waals surface area contributed by atoms with Gasteiger partial charge in [0.15, 0.2) is 11.6 Å². The zero-order chi connectivity index (χ0) is 19.3. The van der Waals surface area contributed by atoms with Crippen molar-refractivity contribution in [3.8, 4) is 11.4 Å². The molecule has 3 aromatic rings. The lowest BCUT2D eigenvalue weighted by atomic mass is 10.0. The molecule has 1 fully saturated rings. The Morgan fingerprint density at radius 3 is 2.39 bits per heavy atom. The van der Waals surface area contributed by atoms with Gasteiger partial charge in [-0.05, 0) is 43.0 Å². The first-order chi connectivity index (χ1) is 13.7. The molecule has 1 saturated heterocycles. The van der Waals surface area contributed by atoms with Crippen LogP contribution in [-0.4, -0.2) is 28.8 Å². The summed E-state index contributed by atoms with van der Waals surface area (Å²) in [5.41, 5.74) is 10.0. The van der Waals surface area contributed by atoms with Crippen LogP contribution in [0.4, 0.5) is 11.4 Å². The molecule has 5 nitrogen and oxygen atoms in total. The molecule has 2 heterocycles. The van der Waals surface area contributed by atoms with Gasteiger partial charge in [-0.3, -0.25) is 4.79 Å². The van der Waals surface area contributed by atoms with E-state index in [1.165, 1.54) is 19.3 Å². The Morgan fingerprint density at radius 2 is 1.68 bits per heavy atom. The smallest absolute Gasteiger partial charge is 0.169 e. The lowest BCUT2D eigenvalue weighted by molar-refractivity contribution is 0.0993. The number of carbonyl (C=O) groups is 1. The highest BCUT2D eigenvalue weighted by Crippen LogP contribution is 2.25. The highest BCUT2D eigenvalue weighted by Gasteiger charge is 2.16. The van der Waals surface area contributed by atoms with Gasteiger partial charge >= 0.3 is 0 Å². The van der Waals surface area contributed by atoms with Crippen LogP contribution >= 0.6 is 0 Å². The number of aromatic nitrogens is 2. The summed E-state index contributed by atoms with van der Waals surface area (Å²) in [4.78, 5) is 24.0. The van der Waals surface area contributed by atoms with Crippen molar-refractivity contribution in [3.05, 3.63) is 72.1 Å². The van der Waals surface area contributed by atoms with Crippen LogP contribution in [0.5, 0.6) is 0 Å². The monoisotopic (exact) mass is 372 g/mol. The minimum atomic E-state index is -0.00702. The number of benzene rings is 2. The van der Waals surface area contributed by atoms with Crippen LogP contribution in [-0.2, 0) is 6.42 Å². The normalized spacial score (nSPS) is 14.1. The van der Waals surface area contributed by atoms with E-state index >= 15 is 0 Å². The van der Waals surface area contributed by atoms with Gasteiger partial charge in [0.1, 0.15) is 0 Å². The third-order valence-corrected chi connectivity index (χ3v) is 5.16. The summed E-state index contributed by atoms with van der Waals surface area (Å²) in [6.45, 7) is 2.07. The summed E-state index contributed by atoms with van der Waals surface area (Å²) < 4.78 is 0. The predicted molar refractivity (Wildman–Crippen MR) is 112 cm³/mol. The summed E-state index contributed by atoms with van der Waals surface area (Å²) in [5, 5.41) is 0. The number of rotatable bonds is 5. The van der Waals surface area contributed by atoms with Crippen LogP contribution < -0.4 is 10.6 Å². The number of hydrogen-bond donors (Lipinski definition) is 1. The summed E-state index contributed by atoms with van der Waals surface area (Å²) >= 11 is 0. The molecule has 0 spiro atoms. The van der Waals surface area contributed by atoms with Crippen molar-refractivity contribution in [1.82, 2.24) is 9.97 Å². The van der Waals surface area contributed by atoms with Crippen molar-refractivity contribution in [1.29, 1.82) is 0 Å².